The van der Waals surface area contributed by atoms with Gasteiger partial charge in [-0.2, -0.15) is 11.8 Å². The smallest absolute Gasteiger partial charge is 0.191 e. The van der Waals surface area contributed by atoms with Gasteiger partial charge in [0.1, 0.15) is 0 Å². The molecule has 0 aliphatic carbocycles. The third-order valence-electron chi connectivity index (χ3n) is 4.84. The molecular formula is C21H37IN4OS. The van der Waals surface area contributed by atoms with E-state index >= 15 is 0 Å². The highest BCUT2D eigenvalue weighted by molar-refractivity contribution is 14.0. The summed E-state index contributed by atoms with van der Waals surface area (Å²) in [5, 5.41) is 6.80. The number of rotatable bonds is 9. The maximum atomic E-state index is 5.80. The minimum absolute atomic E-state index is 0. The van der Waals surface area contributed by atoms with Crippen molar-refractivity contribution in [1.82, 2.24) is 10.6 Å². The van der Waals surface area contributed by atoms with Crippen molar-refractivity contribution in [2.45, 2.75) is 39.8 Å². The van der Waals surface area contributed by atoms with Crippen LogP contribution < -0.4 is 15.5 Å². The van der Waals surface area contributed by atoms with Crippen LogP contribution in [-0.4, -0.2) is 56.9 Å². The molecule has 1 aromatic carbocycles. The molecule has 1 unspecified atom stereocenters. The predicted molar refractivity (Wildman–Crippen MR) is 134 cm³/mol. The van der Waals surface area contributed by atoms with Gasteiger partial charge in [-0.05, 0) is 37.0 Å². The van der Waals surface area contributed by atoms with Crippen LogP contribution in [0, 0.1) is 5.92 Å². The average molecular weight is 521 g/mol. The van der Waals surface area contributed by atoms with Crippen molar-refractivity contribution in [3.05, 3.63) is 29.8 Å². The average Bonchev–Trinajstić information content (AvgIpc) is 2.70. The van der Waals surface area contributed by atoms with Crippen molar-refractivity contribution in [2.24, 2.45) is 10.9 Å². The number of thioether (sulfide) groups is 1. The fourth-order valence-electron chi connectivity index (χ4n) is 3.21. The lowest BCUT2D eigenvalue weighted by atomic mass is 10.0. The van der Waals surface area contributed by atoms with E-state index in [1.807, 2.05) is 18.8 Å². The Labute approximate surface area is 192 Å². The van der Waals surface area contributed by atoms with Crippen LogP contribution in [0.2, 0.25) is 0 Å². The Morgan fingerprint density at radius 1 is 1.18 bits per heavy atom. The van der Waals surface area contributed by atoms with Gasteiger partial charge >= 0.3 is 0 Å². The van der Waals surface area contributed by atoms with E-state index < -0.39 is 0 Å². The second kappa shape index (κ2) is 14.3. The monoisotopic (exact) mass is 520 g/mol. The van der Waals surface area contributed by atoms with E-state index in [0.717, 1.165) is 45.2 Å². The summed E-state index contributed by atoms with van der Waals surface area (Å²) in [6.07, 6.45) is 1.27. The van der Waals surface area contributed by atoms with Crippen molar-refractivity contribution < 1.29 is 4.74 Å². The predicted octanol–water partition coefficient (Wildman–Crippen LogP) is 3.97. The molecule has 0 amide bonds. The molecule has 28 heavy (non-hydrogen) atoms. The number of benzene rings is 1. The topological polar surface area (TPSA) is 48.9 Å². The van der Waals surface area contributed by atoms with Crippen LogP contribution in [0.3, 0.4) is 0 Å². The van der Waals surface area contributed by atoms with Crippen molar-refractivity contribution in [3.63, 3.8) is 0 Å². The van der Waals surface area contributed by atoms with Gasteiger partial charge in [0.15, 0.2) is 5.96 Å². The van der Waals surface area contributed by atoms with Crippen LogP contribution in [-0.2, 0) is 11.3 Å². The lowest BCUT2D eigenvalue weighted by Gasteiger charge is -2.28. The van der Waals surface area contributed by atoms with Crippen molar-refractivity contribution in [3.8, 4) is 0 Å². The minimum Gasteiger partial charge on any atom is -0.378 e. The summed E-state index contributed by atoms with van der Waals surface area (Å²) < 4.78 is 5.80. The number of guanidine groups is 1. The molecule has 5 nitrogen and oxygen atoms in total. The molecule has 1 aromatic rings. The molecule has 2 N–H and O–H groups in total. The third kappa shape index (κ3) is 8.78. The van der Waals surface area contributed by atoms with E-state index in [9.17, 15) is 0 Å². The first-order chi connectivity index (χ1) is 13.1. The third-order valence-corrected chi connectivity index (χ3v) is 5.78. The largest absolute Gasteiger partial charge is 0.378 e. The number of anilines is 1. The van der Waals surface area contributed by atoms with Gasteiger partial charge < -0.3 is 20.3 Å². The summed E-state index contributed by atoms with van der Waals surface area (Å²) in [5.74, 6) is 3.82. The number of nitrogens with one attached hydrogen (secondary N) is 2. The van der Waals surface area contributed by atoms with Gasteiger partial charge in [0.25, 0.3) is 0 Å². The molecule has 1 heterocycles. The summed E-state index contributed by atoms with van der Waals surface area (Å²) >= 11 is 2.04. The lowest BCUT2D eigenvalue weighted by molar-refractivity contribution is 0.0258. The van der Waals surface area contributed by atoms with Gasteiger partial charge in [0, 0.05) is 57.0 Å². The van der Waals surface area contributed by atoms with E-state index in [1.165, 1.54) is 22.8 Å². The molecule has 0 bridgehead atoms. The highest BCUT2D eigenvalue weighted by Crippen LogP contribution is 2.19. The Morgan fingerprint density at radius 3 is 2.43 bits per heavy atom. The Kier molecular flexibility index (Phi) is 13.0. The number of aliphatic imine (C=N–C) groups is 1. The zero-order valence-corrected chi connectivity index (χ0v) is 20.9. The van der Waals surface area contributed by atoms with Crippen molar-refractivity contribution >= 4 is 47.4 Å². The van der Waals surface area contributed by atoms with Gasteiger partial charge in [-0.15, -0.1) is 24.0 Å². The van der Waals surface area contributed by atoms with E-state index in [0.29, 0.717) is 12.0 Å². The number of hydrogen-bond acceptors (Lipinski definition) is 4. The summed E-state index contributed by atoms with van der Waals surface area (Å²) in [4.78, 5) is 6.79. The summed E-state index contributed by atoms with van der Waals surface area (Å²) in [5.41, 5.74) is 2.60. The Morgan fingerprint density at radius 2 is 1.86 bits per heavy atom. The number of hydrogen-bond donors (Lipinski definition) is 2. The molecule has 0 radical (unpaired) electrons. The van der Waals surface area contributed by atoms with E-state index in [4.69, 9.17) is 4.74 Å². The van der Waals surface area contributed by atoms with Crippen molar-refractivity contribution in [1.29, 1.82) is 0 Å². The molecule has 160 valence electrons. The standard InChI is InChI=1S/C21H36N4OS.HI/c1-5-26-20(17(2)3)10-11-23-21(22-4)24-16-18-6-8-19(9-7-18)25-12-14-27-15-13-25;/h6-9,17,20H,5,10-16H2,1-4H3,(H2,22,23,24);1H. The Bertz CT molecular complexity index is 562. The maximum absolute atomic E-state index is 5.80. The van der Waals surface area contributed by atoms with Crippen LogP contribution in [0.5, 0.6) is 0 Å². The number of ether oxygens (including phenoxy) is 1. The van der Waals surface area contributed by atoms with Crippen LogP contribution in [0.15, 0.2) is 29.3 Å². The normalized spacial score (nSPS) is 15.9. The molecule has 1 fully saturated rings. The zero-order valence-electron chi connectivity index (χ0n) is 17.7. The molecule has 2 rings (SSSR count). The van der Waals surface area contributed by atoms with E-state index in [1.54, 1.807) is 0 Å². The highest BCUT2D eigenvalue weighted by Gasteiger charge is 2.13. The van der Waals surface area contributed by atoms with Crippen LogP contribution in [0.4, 0.5) is 5.69 Å². The highest BCUT2D eigenvalue weighted by atomic mass is 127. The second-order valence-electron chi connectivity index (χ2n) is 7.14. The summed E-state index contributed by atoms with van der Waals surface area (Å²) in [6, 6.07) is 8.89. The fourth-order valence-corrected chi connectivity index (χ4v) is 4.11. The first-order valence-corrected chi connectivity index (χ1v) is 11.3. The first kappa shape index (κ1) is 25.4. The van der Waals surface area contributed by atoms with Gasteiger partial charge in [-0.3, -0.25) is 4.99 Å². The van der Waals surface area contributed by atoms with E-state index in [2.05, 4.69) is 65.6 Å². The minimum atomic E-state index is 0. The van der Waals surface area contributed by atoms with Gasteiger partial charge in [-0.25, -0.2) is 0 Å². The molecular weight excluding hydrogens is 483 g/mol. The van der Waals surface area contributed by atoms with Crippen LogP contribution >= 0.6 is 35.7 Å². The van der Waals surface area contributed by atoms with Gasteiger partial charge in [0.2, 0.25) is 0 Å². The Hall–Kier alpha value is -0.670. The maximum Gasteiger partial charge on any atom is 0.191 e. The molecule has 7 heteroatoms. The van der Waals surface area contributed by atoms with Crippen LogP contribution in [0.25, 0.3) is 0 Å². The molecule has 1 saturated heterocycles. The number of nitrogens with zero attached hydrogens (tertiary/aromatic N) is 2. The van der Waals surface area contributed by atoms with Gasteiger partial charge in [-0.1, -0.05) is 26.0 Å². The molecule has 0 saturated carbocycles. The summed E-state index contributed by atoms with van der Waals surface area (Å²) in [6.45, 7) is 11.2. The molecule has 0 spiro atoms. The number of halogens is 1. The summed E-state index contributed by atoms with van der Waals surface area (Å²) in [7, 11) is 1.81. The Balaban J connectivity index is 0.00000392. The fraction of sp³-hybridized carbons (Fsp3) is 0.667. The SMILES string of the molecule is CCOC(CCNC(=NC)NCc1ccc(N2CCSCC2)cc1)C(C)C.I. The molecule has 0 aromatic heterocycles. The van der Waals surface area contributed by atoms with Gasteiger partial charge in [0.05, 0.1) is 6.10 Å². The van der Waals surface area contributed by atoms with E-state index in [-0.39, 0.29) is 24.0 Å². The second-order valence-corrected chi connectivity index (χ2v) is 8.37. The zero-order chi connectivity index (χ0) is 19.5. The first-order valence-electron chi connectivity index (χ1n) is 10.1. The molecule has 1 aliphatic heterocycles. The molecule has 1 atom stereocenters. The quantitative estimate of drug-likeness (QED) is 0.293. The lowest BCUT2D eigenvalue weighted by Crippen LogP contribution is -2.39. The molecule has 1 aliphatic rings. The van der Waals surface area contributed by atoms with Crippen LogP contribution in [0.1, 0.15) is 32.8 Å². The van der Waals surface area contributed by atoms with Crippen molar-refractivity contribution in [2.75, 3.05) is 49.7 Å².